The largest absolute Gasteiger partial charge is 0.438 e. The number of hydrogen-bond donors (Lipinski definition) is 0. The molecule has 54 heavy (non-hydrogen) atoms. The van der Waals surface area contributed by atoms with Crippen molar-refractivity contribution in [2.75, 3.05) is 0 Å². The van der Waals surface area contributed by atoms with Gasteiger partial charge in [-0.3, -0.25) is 0 Å². The van der Waals surface area contributed by atoms with Crippen LogP contribution in [0.15, 0.2) is 180 Å². The Morgan fingerprint density at radius 2 is 0.981 bits per heavy atom. The lowest BCUT2D eigenvalue weighted by Gasteiger charge is -2.14. The van der Waals surface area contributed by atoms with Crippen molar-refractivity contribution in [3.05, 3.63) is 176 Å². The molecule has 0 unspecified atom stereocenters. The van der Waals surface area contributed by atoms with Gasteiger partial charge < -0.3 is 8.98 Å². The summed E-state index contributed by atoms with van der Waals surface area (Å²) < 4.78 is 8.42. The van der Waals surface area contributed by atoms with Crippen LogP contribution in [-0.4, -0.2) is 24.5 Å². The predicted molar refractivity (Wildman–Crippen MR) is 218 cm³/mol. The fourth-order valence-corrected chi connectivity index (χ4v) is 7.81. The Labute approximate surface area is 309 Å². The van der Waals surface area contributed by atoms with Gasteiger partial charge in [-0.2, -0.15) is 0 Å². The first kappa shape index (κ1) is 30.2. The van der Waals surface area contributed by atoms with Crippen molar-refractivity contribution in [1.82, 2.24) is 24.5 Å². The van der Waals surface area contributed by atoms with Gasteiger partial charge in [0.2, 0.25) is 5.71 Å². The Morgan fingerprint density at radius 3 is 1.78 bits per heavy atom. The monoisotopic (exact) mass is 691 g/mol. The van der Waals surface area contributed by atoms with E-state index in [1.54, 1.807) is 6.20 Å². The van der Waals surface area contributed by atoms with E-state index in [4.69, 9.17) is 19.4 Å². The molecule has 252 valence electrons. The third-order valence-electron chi connectivity index (χ3n) is 10.4. The zero-order valence-electron chi connectivity index (χ0n) is 28.9. The number of fused-ring (bicyclic) bond motifs is 7. The Balaban J connectivity index is 1.12. The minimum absolute atomic E-state index is 0.581. The van der Waals surface area contributed by atoms with E-state index in [0.29, 0.717) is 23.2 Å². The van der Waals surface area contributed by atoms with Crippen molar-refractivity contribution in [2.24, 2.45) is 0 Å². The van der Waals surface area contributed by atoms with Crippen molar-refractivity contribution in [3.63, 3.8) is 0 Å². The highest BCUT2D eigenvalue weighted by atomic mass is 16.3. The van der Waals surface area contributed by atoms with Gasteiger partial charge in [-0.05, 0) is 65.0 Å². The lowest BCUT2D eigenvalue weighted by molar-refractivity contribution is 0.654. The fraction of sp³-hybridized carbons (Fsp3) is 0. The molecular weight excluding hydrogens is 663 g/mol. The molecule has 7 aromatic carbocycles. The first-order valence-corrected chi connectivity index (χ1v) is 18.0. The van der Waals surface area contributed by atoms with Gasteiger partial charge in [-0.25, -0.2) is 19.9 Å². The zero-order valence-corrected chi connectivity index (χ0v) is 28.9. The molecule has 0 N–H and O–H groups in total. The summed E-state index contributed by atoms with van der Waals surface area (Å²) in [4.78, 5) is 19.9. The number of rotatable bonds is 5. The van der Waals surface area contributed by atoms with E-state index in [1.807, 2.05) is 30.3 Å². The molecule has 0 aliphatic carbocycles. The Bertz CT molecular complexity index is 3160. The molecule has 0 saturated carbocycles. The van der Waals surface area contributed by atoms with Crippen LogP contribution in [0.3, 0.4) is 0 Å². The molecule has 0 spiro atoms. The number of furan rings is 1. The number of hydrogen-bond acceptors (Lipinski definition) is 5. The average molecular weight is 692 g/mol. The highest BCUT2D eigenvalue weighted by Crippen LogP contribution is 2.38. The molecule has 6 heteroatoms. The molecule has 11 rings (SSSR count). The Hall–Kier alpha value is -7.44. The van der Waals surface area contributed by atoms with Crippen molar-refractivity contribution in [3.8, 4) is 51.0 Å². The number of benzene rings is 7. The smallest absolute Gasteiger partial charge is 0.227 e. The van der Waals surface area contributed by atoms with Gasteiger partial charge >= 0.3 is 0 Å². The summed E-state index contributed by atoms with van der Waals surface area (Å²) in [5.74, 6) is 1.78. The summed E-state index contributed by atoms with van der Waals surface area (Å²) in [5.41, 5.74) is 9.80. The van der Waals surface area contributed by atoms with E-state index in [9.17, 15) is 0 Å². The lowest BCUT2D eigenvalue weighted by atomic mass is 10.0. The van der Waals surface area contributed by atoms with Crippen LogP contribution >= 0.6 is 0 Å². The summed E-state index contributed by atoms with van der Waals surface area (Å²) in [6, 6.07) is 58.9. The minimum atomic E-state index is 0.581. The third kappa shape index (κ3) is 4.81. The highest BCUT2D eigenvalue weighted by molar-refractivity contribution is 6.11. The number of aromatic nitrogens is 5. The lowest BCUT2D eigenvalue weighted by Crippen LogP contribution is -2.01. The normalized spacial score (nSPS) is 11.7. The molecule has 0 amide bonds. The van der Waals surface area contributed by atoms with Crippen LogP contribution in [0.1, 0.15) is 0 Å². The summed E-state index contributed by atoms with van der Waals surface area (Å²) in [6.07, 6.45) is 1.75. The van der Waals surface area contributed by atoms with Gasteiger partial charge in [0, 0.05) is 49.8 Å². The maximum atomic E-state index is 6.05. The molecule has 0 bridgehead atoms. The maximum Gasteiger partial charge on any atom is 0.227 e. The molecule has 0 aliphatic rings. The fourth-order valence-electron chi connectivity index (χ4n) is 7.81. The number of nitrogens with zero attached hydrogens (tertiary/aromatic N) is 5. The van der Waals surface area contributed by atoms with Crippen LogP contribution in [0.2, 0.25) is 0 Å². The van der Waals surface area contributed by atoms with Gasteiger partial charge in [0.15, 0.2) is 17.5 Å². The van der Waals surface area contributed by atoms with E-state index in [1.165, 1.54) is 10.8 Å². The topological polar surface area (TPSA) is 69.6 Å². The molecular formula is C48H29N5O. The zero-order chi connectivity index (χ0) is 35.6. The number of para-hydroxylation sites is 2. The Kier molecular flexibility index (Phi) is 6.75. The van der Waals surface area contributed by atoms with E-state index < -0.39 is 0 Å². The van der Waals surface area contributed by atoms with Crippen molar-refractivity contribution in [1.29, 1.82) is 0 Å². The van der Waals surface area contributed by atoms with E-state index in [-0.39, 0.29) is 0 Å². The number of pyridine rings is 1. The van der Waals surface area contributed by atoms with Crippen molar-refractivity contribution < 1.29 is 4.42 Å². The molecule has 4 aromatic heterocycles. The van der Waals surface area contributed by atoms with Crippen molar-refractivity contribution in [2.45, 2.75) is 0 Å². The summed E-state index contributed by atoms with van der Waals surface area (Å²) in [6.45, 7) is 0. The van der Waals surface area contributed by atoms with Crippen molar-refractivity contribution >= 4 is 54.6 Å². The second kappa shape index (κ2) is 12.1. The molecule has 4 heterocycles. The molecule has 0 fully saturated rings. The molecule has 0 saturated heterocycles. The SMILES string of the molecule is c1ccc(-c2ccc(-c3nc(-c4ccc5oc6ncccc6c5c4)nc(-c4cccc5c(-n6c7ccccc7c7ccccc76)cccc45)n3)cc2)cc1. The standard InChI is InChI=1S/C48H29N5O/c1-2-11-30(12-3-1)31-22-24-32(25-23-31)45-50-46(33-26-27-44-40(29-33)39-18-10-28-49-48(39)54-44)52-47(51-45)38-17-8-16-35-34(38)15-9-21-43(35)53-41-19-6-4-13-36(41)37-14-5-7-20-42(37)53/h1-29H. The van der Waals surface area contributed by atoms with Crippen LogP contribution < -0.4 is 0 Å². The summed E-state index contributed by atoms with van der Waals surface area (Å²) in [5, 5.41) is 6.53. The second-order valence-electron chi connectivity index (χ2n) is 13.5. The second-order valence-corrected chi connectivity index (χ2v) is 13.5. The van der Waals surface area contributed by atoms with Gasteiger partial charge in [0.25, 0.3) is 0 Å². The van der Waals surface area contributed by atoms with Crippen LogP contribution in [-0.2, 0) is 0 Å². The quantitative estimate of drug-likeness (QED) is 0.180. The van der Waals surface area contributed by atoms with Gasteiger partial charge in [0.1, 0.15) is 5.58 Å². The van der Waals surface area contributed by atoms with Gasteiger partial charge in [-0.1, -0.05) is 121 Å². The Morgan fingerprint density at radius 1 is 0.389 bits per heavy atom. The van der Waals surface area contributed by atoms with Crippen LogP contribution in [0.4, 0.5) is 0 Å². The molecule has 0 aliphatic heterocycles. The molecule has 0 atom stereocenters. The summed E-state index contributed by atoms with van der Waals surface area (Å²) >= 11 is 0. The van der Waals surface area contributed by atoms with Crippen LogP contribution in [0, 0.1) is 0 Å². The van der Waals surface area contributed by atoms with E-state index in [2.05, 4.69) is 149 Å². The first-order chi connectivity index (χ1) is 26.8. The molecule has 6 nitrogen and oxygen atoms in total. The summed E-state index contributed by atoms with van der Waals surface area (Å²) in [7, 11) is 0. The maximum absolute atomic E-state index is 6.05. The highest BCUT2D eigenvalue weighted by Gasteiger charge is 2.19. The first-order valence-electron chi connectivity index (χ1n) is 18.0. The molecule has 0 radical (unpaired) electrons. The van der Waals surface area contributed by atoms with Gasteiger partial charge in [0.05, 0.1) is 16.7 Å². The predicted octanol–water partition coefficient (Wildman–Crippen LogP) is 12.1. The van der Waals surface area contributed by atoms with Crippen LogP contribution in [0.5, 0.6) is 0 Å². The average Bonchev–Trinajstić information content (AvgIpc) is 3.79. The van der Waals surface area contributed by atoms with Gasteiger partial charge in [-0.15, -0.1) is 0 Å². The molecule has 11 aromatic rings. The minimum Gasteiger partial charge on any atom is -0.438 e. The van der Waals surface area contributed by atoms with E-state index in [0.717, 1.165) is 71.7 Å². The van der Waals surface area contributed by atoms with E-state index >= 15 is 0 Å². The van der Waals surface area contributed by atoms with Crippen LogP contribution in [0.25, 0.3) is 106 Å². The third-order valence-corrected chi connectivity index (χ3v) is 10.4.